The summed E-state index contributed by atoms with van der Waals surface area (Å²) in [5.74, 6) is 0.395. The smallest absolute Gasteiger partial charge is 0.246 e. The summed E-state index contributed by atoms with van der Waals surface area (Å²) in [6, 6.07) is 11.6. The number of aromatic nitrogens is 2. The van der Waals surface area contributed by atoms with E-state index in [-0.39, 0.29) is 18.3 Å². The van der Waals surface area contributed by atoms with E-state index >= 15 is 0 Å². The van der Waals surface area contributed by atoms with E-state index in [1.165, 1.54) is 23.3 Å². The van der Waals surface area contributed by atoms with Crippen LogP contribution in [0.15, 0.2) is 52.4 Å². The van der Waals surface area contributed by atoms with Gasteiger partial charge in [-0.2, -0.15) is 9.29 Å². The van der Waals surface area contributed by atoms with Gasteiger partial charge in [-0.3, -0.25) is 4.79 Å². The summed E-state index contributed by atoms with van der Waals surface area (Å²) in [7, 11) is -2.20. The van der Waals surface area contributed by atoms with Gasteiger partial charge in [0.05, 0.1) is 11.1 Å². The summed E-state index contributed by atoms with van der Waals surface area (Å²) < 4.78 is 30.7. The molecule has 1 amide bonds. The molecule has 0 unspecified atom stereocenters. The summed E-state index contributed by atoms with van der Waals surface area (Å²) in [5.41, 5.74) is 0.591. The molecule has 1 aromatic carbocycles. The second-order valence-corrected chi connectivity index (χ2v) is 9.42. The second kappa shape index (κ2) is 8.85. The highest BCUT2D eigenvalue weighted by molar-refractivity contribution is 7.88. The van der Waals surface area contributed by atoms with E-state index in [1.807, 2.05) is 30.5 Å². The van der Waals surface area contributed by atoms with E-state index in [0.29, 0.717) is 17.9 Å². The zero-order valence-corrected chi connectivity index (χ0v) is 18.0. The molecule has 0 N–H and O–H groups in total. The molecule has 0 saturated heterocycles. The number of carbonyl (C=O) groups is 1. The van der Waals surface area contributed by atoms with Crippen molar-refractivity contribution in [3.8, 4) is 10.7 Å². The first-order valence-corrected chi connectivity index (χ1v) is 11.7. The second-order valence-electron chi connectivity index (χ2n) is 6.43. The Morgan fingerprint density at radius 3 is 2.52 bits per heavy atom. The van der Waals surface area contributed by atoms with E-state index in [0.717, 1.165) is 15.4 Å². The maximum absolute atomic E-state index is 13.3. The minimum atomic E-state index is -3.60. The Balaban J connectivity index is 1.87. The minimum Gasteiger partial charge on any atom is -0.337 e. The van der Waals surface area contributed by atoms with Crippen LogP contribution in [0.4, 0.5) is 0 Å². The number of rotatable bonds is 8. The van der Waals surface area contributed by atoms with Gasteiger partial charge in [0.15, 0.2) is 0 Å². The van der Waals surface area contributed by atoms with Crippen molar-refractivity contribution >= 4 is 27.3 Å². The Morgan fingerprint density at radius 1 is 1.21 bits per heavy atom. The van der Waals surface area contributed by atoms with E-state index in [9.17, 15) is 13.2 Å². The number of hydrogen-bond acceptors (Lipinski definition) is 7. The lowest BCUT2D eigenvalue weighted by Crippen LogP contribution is -2.43. The molecule has 3 rings (SSSR count). The average molecular weight is 435 g/mol. The number of likely N-dealkylation sites (N-methyl/N-ethyl adjacent to an activating group) is 2. The van der Waals surface area contributed by atoms with Gasteiger partial charge in [-0.15, -0.1) is 11.3 Å². The minimum absolute atomic E-state index is 0.0919. The third-order valence-electron chi connectivity index (χ3n) is 4.47. The highest BCUT2D eigenvalue weighted by Crippen LogP contribution is 2.26. The summed E-state index contributed by atoms with van der Waals surface area (Å²) in [5, 5.41) is 5.88. The molecule has 1 atom stereocenters. The molecule has 0 fully saturated rings. The molecule has 2 aromatic heterocycles. The SMILES string of the molecule is CCN(Cc1nc(-c2cccs2)no1)C(=O)[C@@H](c1ccccc1)N(C)S(C)(=O)=O. The van der Waals surface area contributed by atoms with Gasteiger partial charge in [-0.25, -0.2) is 8.42 Å². The van der Waals surface area contributed by atoms with Crippen LogP contribution < -0.4 is 0 Å². The monoisotopic (exact) mass is 434 g/mol. The van der Waals surface area contributed by atoms with Crippen LogP contribution in [0.1, 0.15) is 24.4 Å². The maximum Gasteiger partial charge on any atom is 0.246 e. The van der Waals surface area contributed by atoms with Crippen molar-refractivity contribution < 1.29 is 17.7 Å². The molecule has 0 aliphatic heterocycles. The third-order valence-corrected chi connectivity index (χ3v) is 6.59. The number of benzene rings is 1. The summed E-state index contributed by atoms with van der Waals surface area (Å²) in [6.07, 6.45) is 1.08. The molecule has 8 nitrogen and oxygen atoms in total. The maximum atomic E-state index is 13.3. The third kappa shape index (κ3) is 4.89. The van der Waals surface area contributed by atoms with Crippen LogP contribution >= 0.6 is 11.3 Å². The first-order valence-electron chi connectivity index (χ1n) is 8.94. The highest BCUT2D eigenvalue weighted by Gasteiger charge is 2.34. The van der Waals surface area contributed by atoms with Crippen LogP contribution in [0.5, 0.6) is 0 Å². The van der Waals surface area contributed by atoms with E-state index < -0.39 is 16.1 Å². The van der Waals surface area contributed by atoms with Gasteiger partial charge >= 0.3 is 0 Å². The lowest BCUT2D eigenvalue weighted by atomic mass is 10.1. The number of sulfonamides is 1. The Hall–Kier alpha value is -2.56. The molecule has 0 spiro atoms. The fraction of sp³-hybridized carbons (Fsp3) is 0.316. The van der Waals surface area contributed by atoms with Gasteiger partial charge in [-0.1, -0.05) is 41.6 Å². The number of amides is 1. The van der Waals surface area contributed by atoms with Crippen molar-refractivity contribution in [1.29, 1.82) is 0 Å². The normalized spacial score (nSPS) is 12.8. The van der Waals surface area contributed by atoms with Crippen molar-refractivity contribution in [2.45, 2.75) is 19.5 Å². The molecule has 0 bridgehead atoms. The fourth-order valence-corrected chi connectivity index (χ4v) is 4.09. The number of carbonyl (C=O) groups excluding carboxylic acids is 1. The van der Waals surface area contributed by atoms with Gasteiger partial charge in [-0.05, 0) is 23.9 Å². The van der Waals surface area contributed by atoms with Crippen molar-refractivity contribution in [3.05, 3.63) is 59.3 Å². The Labute approximate surface area is 173 Å². The van der Waals surface area contributed by atoms with E-state index in [2.05, 4.69) is 10.1 Å². The first-order chi connectivity index (χ1) is 13.8. The van der Waals surface area contributed by atoms with E-state index in [1.54, 1.807) is 24.3 Å². The van der Waals surface area contributed by atoms with Crippen LogP contribution in [0.3, 0.4) is 0 Å². The van der Waals surface area contributed by atoms with Gasteiger partial charge < -0.3 is 9.42 Å². The molecule has 0 aliphatic rings. The van der Waals surface area contributed by atoms with Gasteiger partial charge in [0.2, 0.25) is 27.6 Å². The largest absolute Gasteiger partial charge is 0.337 e. The zero-order chi connectivity index (χ0) is 21.0. The molecule has 3 aromatic rings. The summed E-state index contributed by atoms with van der Waals surface area (Å²) in [4.78, 5) is 20.1. The van der Waals surface area contributed by atoms with Crippen LogP contribution in [-0.2, 0) is 21.4 Å². The molecule has 2 heterocycles. The Kier molecular flexibility index (Phi) is 6.46. The van der Waals surface area contributed by atoms with Crippen molar-refractivity contribution in [3.63, 3.8) is 0 Å². The van der Waals surface area contributed by atoms with Gasteiger partial charge in [0, 0.05) is 13.6 Å². The molecule has 0 radical (unpaired) electrons. The van der Waals surface area contributed by atoms with Crippen LogP contribution in [-0.4, -0.2) is 53.5 Å². The predicted molar refractivity (Wildman–Crippen MR) is 110 cm³/mol. The van der Waals surface area contributed by atoms with Gasteiger partial charge in [0.25, 0.3) is 0 Å². The topological polar surface area (TPSA) is 96.6 Å². The lowest BCUT2D eigenvalue weighted by Gasteiger charge is -2.30. The molecule has 154 valence electrons. The standard InChI is InChI=1S/C19H22N4O4S2/c1-4-23(13-16-20-18(21-27-16)15-11-8-12-28-15)19(24)17(22(2)29(3,25)26)14-9-6-5-7-10-14/h5-12,17H,4,13H2,1-3H3/t17-/m1/s1. The summed E-state index contributed by atoms with van der Waals surface area (Å²) >= 11 is 1.49. The zero-order valence-electron chi connectivity index (χ0n) is 16.3. The van der Waals surface area contributed by atoms with Crippen LogP contribution in [0.2, 0.25) is 0 Å². The first kappa shape index (κ1) is 21.2. The molecule has 0 aliphatic carbocycles. The highest BCUT2D eigenvalue weighted by atomic mass is 32.2. The van der Waals surface area contributed by atoms with Crippen molar-refractivity contribution in [2.24, 2.45) is 0 Å². The fourth-order valence-electron chi connectivity index (χ4n) is 2.84. The molecule has 0 saturated carbocycles. The predicted octanol–water partition coefficient (Wildman–Crippen LogP) is 2.78. The van der Waals surface area contributed by atoms with Crippen LogP contribution in [0.25, 0.3) is 10.7 Å². The summed E-state index contributed by atoms with van der Waals surface area (Å²) in [6.45, 7) is 2.27. The van der Waals surface area contributed by atoms with Crippen molar-refractivity contribution in [2.75, 3.05) is 19.8 Å². The number of hydrogen-bond donors (Lipinski definition) is 0. The van der Waals surface area contributed by atoms with E-state index in [4.69, 9.17) is 4.52 Å². The Morgan fingerprint density at radius 2 is 1.93 bits per heavy atom. The van der Waals surface area contributed by atoms with Gasteiger partial charge in [0.1, 0.15) is 12.6 Å². The van der Waals surface area contributed by atoms with Crippen LogP contribution in [0, 0.1) is 0 Å². The lowest BCUT2D eigenvalue weighted by molar-refractivity contribution is -0.136. The Bertz CT molecular complexity index is 1050. The molecule has 10 heteroatoms. The molecular weight excluding hydrogens is 412 g/mol. The number of nitrogens with zero attached hydrogens (tertiary/aromatic N) is 4. The number of thiophene rings is 1. The average Bonchev–Trinajstić information content (AvgIpc) is 3.38. The quantitative estimate of drug-likeness (QED) is 0.541. The molecular formula is C19H22N4O4S2. The van der Waals surface area contributed by atoms with Crippen molar-refractivity contribution in [1.82, 2.24) is 19.3 Å². The molecule has 29 heavy (non-hydrogen) atoms.